The highest BCUT2D eigenvalue weighted by molar-refractivity contribution is 6.05. The molecule has 5 rings (SSSR count). The van der Waals surface area contributed by atoms with Crippen molar-refractivity contribution in [2.45, 2.75) is 32.0 Å². The number of carbonyl (C=O) groups is 3. The van der Waals surface area contributed by atoms with E-state index >= 15 is 0 Å². The van der Waals surface area contributed by atoms with E-state index in [9.17, 15) is 14.4 Å². The maximum absolute atomic E-state index is 12.9. The monoisotopic (exact) mass is 430 g/mol. The molecular formula is C24H22N4O4. The summed E-state index contributed by atoms with van der Waals surface area (Å²) in [6.45, 7) is 0.837. The van der Waals surface area contributed by atoms with Crippen LogP contribution in [0.1, 0.15) is 34.3 Å². The molecule has 3 amide bonds. The van der Waals surface area contributed by atoms with Crippen molar-refractivity contribution in [3.63, 3.8) is 0 Å². The second kappa shape index (κ2) is 8.05. The number of aromatic amines is 1. The zero-order valence-corrected chi connectivity index (χ0v) is 17.6. The molecule has 8 heteroatoms. The smallest absolute Gasteiger partial charge is 0.255 e. The maximum Gasteiger partial charge on any atom is 0.255 e. The summed E-state index contributed by atoms with van der Waals surface area (Å²) in [7, 11) is 1.67. The lowest BCUT2D eigenvalue weighted by Crippen LogP contribution is -2.52. The van der Waals surface area contributed by atoms with Gasteiger partial charge in [-0.1, -0.05) is 30.3 Å². The number of hydrogen-bond acceptors (Lipinski definition) is 5. The van der Waals surface area contributed by atoms with Crippen LogP contribution >= 0.6 is 0 Å². The number of piperidine rings is 1. The Kier molecular flexibility index (Phi) is 5.07. The lowest BCUT2D eigenvalue weighted by atomic mass is 10.0. The Bertz CT molecular complexity index is 1230. The molecule has 2 aliphatic rings. The lowest BCUT2D eigenvalue weighted by molar-refractivity contribution is -0.136. The third kappa shape index (κ3) is 3.48. The van der Waals surface area contributed by atoms with Gasteiger partial charge in [0.1, 0.15) is 6.04 Å². The van der Waals surface area contributed by atoms with Gasteiger partial charge in [0.15, 0.2) is 0 Å². The van der Waals surface area contributed by atoms with Crippen LogP contribution in [0.2, 0.25) is 0 Å². The number of fused-ring (bicyclic) bond motifs is 1. The van der Waals surface area contributed by atoms with Gasteiger partial charge in [-0.3, -0.25) is 24.8 Å². The summed E-state index contributed by atoms with van der Waals surface area (Å²) < 4.78 is 5.30. The highest BCUT2D eigenvalue weighted by atomic mass is 16.5. The molecule has 2 aliphatic heterocycles. The van der Waals surface area contributed by atoms with Crippen molar-refractivity contribution in [3.05, 3.63) is 65.2 Å². The summed E-state index contributed by atoms with van der Waals surface area (Å²) in [6, 6.07) is 14.9. The fourth-order valence-corrected chi connectivity index (χ4v) is 4.41. The number of benzene rings is 2. The van der Waals surface area contributed by atoms with Gasteiger partial charge in [0.25, 0.3) is 5.91 Å². The van der Waals surface area contributed by atoms with Crippen molar-refractivity contribution in [1.29, 1.82) is 0 Å². The first kappa shape index (κ1) is 20.1. The van der Waals surface area contributed by atoms with E-state index in [1.54, 1.807) is 18.1 Å². The van der Waals surface area contributed by atoms with Gasteiger partial charge in [-0.25, -0.2) is 0 Å². The van der Waals surface area contributed by atoms with Crippen LogP contribution in [0.5, 0.6) is 0 Å². The van der Waals surface area contributed by atoms with Gasteiger partial charge in [-0.15, -0.1) is 0 Å². The Balaban J connectivity index is 1.41. The van der Waals surface area contributed by atoms with E-state index in [-0.39, 0.29) is 18.2 Å². The van der Waals surface area contributed by atoms with E-state index in [2.05, 4.69) is 15.5 Å². The first-order valence-electron chi connectivity index (χ1n) is 10.5. The molecule has 0 spiro atoms. The fraction of sp³-hybridized carbons (Fsp3) is 0.250. The molecule has 32 heavy (non-hydrogen) atoms. The molecule has 162 valence electrons. The molecule has 1 aromatic heterocycles. The van der Waals surface area contributed by atoms with Crippen molar-refractivity contribution >= 4 is 17.7 Å². The number of H-pyrrole nitrogens is 1. The molecule has 0 aliphatic carbocycles. The number of nitrogens with one attached hydrogen (secondary N) is 2. The lowest BCUT2D eigenvalue weighted by Gasteiger charge is -2.29. The van der Waals surface area contributed by atoms with Crippen molar-refractivity contribution in [2.24, 2.45) is 0 Å². The number of imide groups is 1. The fourth-order valence-electron chi connectivity index (χ4n) is 4.41. The normalized spacial score (nSPS) is 18.1. The van der Waals surface area contributed by atoms with Crippen molar-refractivity contribution < 1.29 is 19.1 Å². The summed E-state index contributed by atoms with van der Waals surface area (Å²) in [5.74, 6) is -0.884. The molecule has 0 bridgehead atoms. The van der Waals surface area contributed by atoms with Gasteiger partial charge in [0.05, 0.1) is 18.0 Å². The van der Waals surface area contributed by atoms with Gasteiger partial charge >= 0.3 is 0 Å². The van der Waals surface area contributed by atoms with E-state index in [1.165, 1.54) is 0 Å². The predicted molar refractivity (Wildman–Crippen MR) is 116 cm³/mol. The average molecular weight is 430 g/mol. The quantitative estimate of drug-likeness (QED) is 0.606. The van der Waals surface area contributed by atoms with Gasteiger partial charge in [-0.05, 0) is 35.7 Å². The molecule has 0 saturated carbocycles. The third-order valence-corrected chi connectivity index (χ3v) is 6.00. The van der Waals surface area contributed by atoms with E-state index < -0.39 is 11.9 Å². The summed E-state index contributed by atoms with van der Waals surface area (Å²) in [4.78, 5) is 38.1. The average Bonchev–Trinajstić information content (AvgIpc) is 3.40. The Hall–Kier alpha value is -3.78. The van der Waals surface area contributed by atoms with E-state index in [0.29, 0.717) is 25.1 Å². The topological polar surface area (TPSA) is 104 Å². The van der Waals surface area contributed by atoms with Crippen molar-refractivity contribution in [1.82, 2.24) is 20.4 Å². The molecule has 2 N–H and O–H groups in total. The molecular weight excluding hydrogens is 408 g/mol. The Morgan fingerprint density at radius 3 is 2.75 bits per heavy atom. The van der Waals surface area contributed by atoms with Gasteiger partial charge in [-0.2, -0.15) is 5.10 Å². The summed E-state index contributed by atoms with van der Waals surface area (Å²) in [5.41, 5.74) is 6.05. The van der Waals surface area contributed by atoms with Gasteiger partial charge in [0.2, 0.25) is 11.8 Å². The van der Waals surface area contributed by atoms with Crippen LogP contribution in [0, 0.1) is 0 Å². The van der Waals surface area contributed by atoms with Crippen LogP contribution in [0.3, 0.4) is 0 Å². The van der Waals surface area contributed by atoms with Gasteiger partial charge < -0.3 is 9.64 Å². The Morgan fingerprint density at radius 1 is 1.09 bits per heavy atom. The number of methoxy groups -OCH3 is 1. The molecule has 2 aromatic carbocycles. The number of hydrogen-bond donors (Lipinski definition) is 2. The highest BCUT2D eigenvalue weighted by Gasteiger charge is 2.39. The van der Waals surface area contributed by atoms with Crippen molar-refractivity contribution in [3.8, 4) is 22.5 Å². The molecule has 3 aromatic rings. The minimum absolute atomic E-state index is 0.183. The zero-order valence-electron chi connectivity index (χ0n) is 17.6. The van der Waals surface area contributed by atoms with Crippen LogP contribution in [-0.4, -0.2) is 46.0 Å². The summed E-state index contributed by atoms with van der Waals surface area (Å²) >= 11 is 0. The summed E-state index contributed by atoms with van der Waals surface area (Å²) in [6.07, 6.45) is 0.587. The maximum atomic E-state index is 12.9. The second-order valence-electron chi connectivity index (χ2n) is 8.03. The highest BCUT2D eigenvalue weighted by Crippen LogP contribution is 2.32. The molecule has 8 nitrogen and oxygen atoms in total. The van der Waals surface area contributed by atoms with Crippen LogP contribution in [-0.2, 0) is 27.5 Å². The van der Waals surface area contributed by atoms with E-state index in [4.69, 9.17) is 4.74 Å². The first-order valence-corrected chi connectivity index (χ1v) is 10.5. The van der Waals surface area contributed by atoms with E-state index in [0.717, 1.165) is 33.6 Å². The number of carbonyl (C=O) groups excluding carboxylic acids is 3. The Morgan fingerprint density at radius 2 is 1.94 bits per heavy atom. The molecule has 0 radical (unpaired) electrons. The second-order valence-corrected chi connectivity index (χ2v) is 8.03. The van der Waals surface area contributed by atoms with Crippen LogP contribution in [0.25, 0.3) is 22.5 Å². The SMILES string of the molecule is COCc1ccccc1-c1cc(-c2ccc3c(c2)CN([C@@H]2CCC(=O)NC2=O)C3=O)n[nH]1. The molecule has 1 fully saturated rings. The van der Waals surface area contributed by atoms with Crippen LogP contribution in [0.4, 0.5) is 0 Å². The standard InChI is InChI=1S/C24H22N4O4/c1-32-13-15-4-2-3-5-17(15)20-11-19(26-27-20)14-6-7-18-16(10-14)12-28(24(18)31)21-8-9-22(29)25-23(21)30/h2-7,10-11,21H,8-9,12-13H2,1H3,(H,26,27)(H,25,29,30)/t21-/m1/s1. The molecule has 1 atom stereocenters. The minimum atomic E-state index is -0.620. The zero-order chi connectivity index (χ0) is 22.2. The predicted octanol–water partition coefficient (Wildman–Crippen LogP) is 2.65. The third-order valence-electron chi connectivity index (χ3n) is 6.00. The first-order chi connectivity index (χ1) is 15.5. The minimum Gasteiger partial charge on any atom is -0.380 e. The number of nitrogens with zero attached hydrogens (tertiary/aromatic N) is 2. The van der Waals surface area contributed by atoms with Crippen LogP contribution in [0.15, 0.2) is 48.5 Å². The van der Waals surface area contributed by atoms with Crippen molar-refractivity contribution in [2.75, 3.05) is 7.11 Å². The molecule has 3 heterocycles. The number of ether oxygens (including phenoxy) is 1. The van der Waals surface area contributed by atoms with Gasteiger partial charge in [0, 0.05) is 36.8 Å². The molecule has 1 saturated heterocycles. The number of rotatable bonds is 5. The number of aromatic nitrogens is 2. The van der Waals surface area contributed by atoms with Crippen LogP contribution < -0.4 is 5.32 Å². The number of amides is 3. The largest absolute Gasteiger partial charge is 0.380 e. The van der Waals surface area contributed by atoms with E-state index in [1.807, 2.05) is 42.5 Å². The summed E-state index contributed by atoms with van der Waals surface area (Å²) in [5, 5.41) is 9.90. The molecule has 0 unspecified atom stereocenters. The Labute approximate surface area is 184 Å².